The van der Waals surface area contributed by atoms with Gasteiger partial charge >= 0.3 is 21.7 Å². The third-order valence-corrected chi connectivity index (χ3v) is 0. The van der Waals surface area contributed by atoms with Gasteiger partial charge in [0.05, 0.1) is 0 Å². The van der Waals surface area contributed by atoms with Crippen molar-refractivity contribution in [2.75, 3.05) is 0 Å². The molecule has 0 radical (unpaired) electrons. The summed E-state index contributed by atoms with van der Waals surface area (Å²) < 4.78 is 0. The van der Waals surface area contributed by atoms with Crippen LogP contribution in [0.5, 0.6) is 0 Å². The Morgan fingerprint density at radius 3 is 0.400 bits per heavy atom. The Bertz CT molecular complexity index is 3.61. The second-order valence-corrected chi connectivity index (χ2v) is 0. The molecule has 4 nitrogen and oxygen atoms in total. The molecular weight excluding hydrogens is 112 g/mol. The summed E-state index contributed by atoms with van der Waals surface area (Å²) in [6.45, 7) is 0. The molecule has 0 aliphatic heterocycles. The molecule has 8 N–H and O–H groups in total. The van der Waals surface area contributed by atoms with Gasteiger partial charge in [0.2, 0.25) is 0 Å². The molecule has 0 aromatic rings. The van der Waals surface area contributed by atoms with Gasteiger partial charge in [0, 0.05) is 0 Å². The van der Waals surface area contributed by atoms with E-state index in [2.05, 4.69) is 0 Å². The van der Waals surface area contributed by atoms with Crippen LogP contribution < -0.4 is 0 Å². The SMILES string of the molecule is O.O.O.O.[Ti+4]. The van der Waals surface area contributed by atoms with Crippen LogP contribution in [-0.4, -0.2) is 21.9 Å². The van der Waals surface area contributed by atoms with Crippen molar-refractivity contribution in [2.24, 2.45) is 0 Å². The second kappa shape index (κ2) is 187. The summed E-state index contributed by atoms with van der Waals surface area (Å²) in [5, 5.41) is 0. The summed E-state index contributed by atoms with van der Waals surface area (Å²) in [6, 6.07) is 0. The molecule has 0 aromatic heterocycles. The van der Waals surface area contributed by atoms with Crippen molar-refractivity contribution in [2.45, 2.75) is 0 Å². The van der Waals surface area contributed by atoms with E-state index in [1.807, 2.05) is 0 Å². The van der Waals surface area contributed by atoms with Crippen LogP contribution in [0.1, 0.15) is 0 Å². The van der Waals surface area contributed by atoms with Gasteiger partial charge in [-0.2, -0.15) is 0 Å². The summed E-state index contributed by atoms with van der Waals surface area (Å²) >= 11 is 0. The summed E-state index contributed by atoms with van der Waals surface area (Å²) in [6.07, 6.45) is 0. The first-order chi connectivity index (χ1) is 0. The molecule has 0 saturated carbocycles. The first kappa shape index (κ1) is 375. The van der Waals surface area contributed by atoms with Gasteiger partial charge in [0.25, 0.3) is 0 Å². The van der Waals surface area contributed by atoms with E-state index in [0.29, 0.717) is 0 Å². The maximum absolute atomic E-state index is 0. The Labute approximate surface area is 44.3 Å². The molecule has 0 aliphatic carbocycles. The zero-order valence-corrected chi connectivity index (χ0v) is 4.06. The second-order valence-electron chi connectivity index (χ2n) is 0. The molecule has 0 fully saturated rings. The van der Waals surface area contributed by atoms with Crippen LogP contribution in [0.2, 0.25) is 0 Å². The van der Waals surface area contributed by atoms with Crippen LogP contribution in [0.25, 0.3) is 0 Å². The zero-order valence-electron chi connectivity index (χ0n) is 2.50. The smallest absolute Gasteiger partial charge is 0.412 e. The van der Waals surface area contributed by atoms with E-state index in [1.165, 1.54) is 0 Å². The quantitative estimate of drug-likeness (QED) is 0.297. The van der Waals surface area contributed by atoms with Gasteiger partial charge in [0.1, 0.15) is 0 Å². The van der Waals surface area contributed by atoms with Crippen LogP contribution in [-0.2, 0) is 21.7 Å². The minimum atomic E-state index is 0. The van der Waals surface area contributed by atoms with Crippen LogP contribution in [0.3, 0.4) is 0 Å². The maximum atomic E-state index is 0. The van der Waals surface area contributed by atoms with Crippen molar-refractivity contribution in [3.05, 3.63) is 0 Å². The van der Waals surface area contributed by atoms with Crippen molar-refractivity contribution in [3.63, 3.8) is 0 Å². The van der Waals surface area contributed by atoms with Gasteiger partial charge in [-0.25, -0.2) is 0 Å². The monoisotopic (exact) mass is 120 g/mol. The van der Waals surface area contributed by atoms with Crippen LogP contribution in [0.15, 0.2) is 0 Å². The summed E-state index contributed by atoms with van der Waals surface area (Å²) in [7, 11) is 0. The van der Waals surface area contributed by atoms with Crippen molar-refractivity contribution < 1.29 is 43.6 Å². The van der Waals surface area contributed by atoms with Crippen molar-refractivity contribution in [1.82, 2.24) is 0 Å². The Morgan fingerprint density at radius 1 is 0.400 bits per heavy atom. The maximum Gasteiger partial charge on any atom is 4.00 e. The molecule has 0 aromatic carbocycles. The molecule has 0 heterocycles. The topological polar surface area (TPSA) is 126 Å². The minimum Gasteiger partial charge on any atom is -0.412 e. The van der Waals surface area contributed by atoms with E-state index < -0.39 is 0 Å². The van der Waals surface area contributed by atoms with E-state index in [0.717, 1.165) is 0 Å². The van der Waals surface area contributed by atoms with Gasteiger partial charge in [0.15, 0.2) is 0 Å². The van der Waals surface area contributed by atoms with Gasteiger partial charge in [-0.1, -0.05) is 0 Å². The predicted octanol–water partition coefficient (Wildman–Crippen LogP) is -3.30. The molecule has 0 rings (SSSR count). The average molecular weight is 120 g/mol. The van der Waals surface area contributed by atoms with Crippen LogP contribution >= 0.6 is 0 Å². The molecule has 0 atom stereocenters. The molecule has 0 unspecified atom stereocenters. The zero-order chi connectivity index (χ0) is 0. The minimum absolute atomic E-state index is 0. The number of hydrogen-bond donors (Lipinski definition) is 0. The van der Waals surface area contributed by atoms with E-state index in [9.17, 15) is 0 Å². The van der Waals surface area contributed by atoms with Gasteiger partial charge < -0.3 is 21.9 Å². The molecule has 0 aliphatic rings. The van der Waals surface area contributed by atoms with E-state index in [1.54, 1.807) is 0 Å². The molecule has 32 valence electrons. The predicted molar refractivity (Wildman–Crippen MR) is 14.5 cm³/mol. The van der Waals surface area contributed by atoms with Gasteiger partial charge in [-0.3, -0.25) is 0 Å². The van der Waals surface area contributed by atoms with Gasteiger partial charge in [-0.05, 0) is 0 Å². The molecule has 0 saturated heterocycles. The van der Waals surface area contributed by atoms with Crippen LogP contribution in [0, 0.1) is 0 Å². The van der Waals surface area contributed by atoms with Crippen molar-refractivity contribution in [3.8, 4) is 0 Å². The average Bonchev–Trinajstić information content (AvgIpc) is 0. The summed E-state index contributed by atoms with van der Waals surface area (Å²) in [5.41, 5.74) is 0. The fourth-order valence-electron chi connectivity index (χ4n) is 0. The fraction of sp³-hybridized carbons (Fsp3) is 0. The van der Waals surface area contributed by atoms with Gasteiger partial charge in [-0.15, -0.1) is 0 Å². The molecule has 0 amide bonds. The molecule has 0 spiro atoms. The molecule has 0 bridgehead atoms. The third kappa shape index (κ3) is 96.7. The van der Waals surface area contributed by atoms with E-state index >= 15 is 0 Å². The first-order valence-electron chi connectivity index (χ1n) is 0. The standard InChI is InChI=1S/4H2O.Ti/h4*1H2;/q;;;;+4. The molecule has 5 heavy (non-hydrogen) atoms. The Kier molecular flexibility index (Phi) is 14000. The van der Waals surface area contributed by atoms with E-state index in [-0.39, 0.29) is 43.6 Å². The summed E-state index contributed by atoms with van der Waals surface area (Å²) in [4.78, 5) is 0. The van der Waals surface area contributed by atoms with E-state index in [4.69, 9.17) is 0 Å². The Balaban J connectivity index is 0. The Morgan fingerprint density at radius 2 is 0.400 bits per heavy atom. The normalized spacial score (nSPS) is 0. The van der Waals surface area contributed by atoms with Crippen molar-refractivity contribution in [1.29, 1.82) is 0 Å². The van der Waals surface area contributed by atoms with Crippen molar-refractivity contribution >= 4 is 0 Å². The molecule has 5 heteroatoms. The number of rotatable bonds is 0. The summed E-state index contributed by atoms with van der Waals surface area (Å²) in [5.74, 6) is 0. The number of hydrogen-bond acceptors (Lipinski definition) is 0. The third-order valence-electron chi connectivity index (χ3n) is 0. The Hall–Kier alpha value is 0.554. The largest absolute Gasteiger partial charge is 4.00 e. The van der Waals surface area contributed by atoms with Crippen LogP contribution in [0.4, 0.5) is 0 Å². The fourth-order valence-corrected chi connectivity index (χ4v) is 0. The molecular formula is H8O4Ti+4. The first-order valence-corrected chi connectivity index (χ1v) is 0.